The summed E-state index contributed by atoms with van der Waals surface area (Å²) in [5.74, 6) is -0.0618. The first-order chi connectivity index (χ1) is 12.1. The molecule has 2 aromatic carbocycles. The third-order valence-corrected chi connectivity index (χ3v) is 5.10. The fourth-order valence-corrected chi connectivity index (χ4v) is 3.43. The van der Waals surface area contributed by atoms with E-state index >= 15 is 0 Å². The van der Waals surface area contributed by atoms with Crippen LogP contribution in [0, 0.1) is 6.92 Å². The molecular weight excluding hydrogens is 326 g/mol. The summed E-state index contributed by atoms with van der Waals surface area (Å²) in [7, 11) is 0. The third-order valence-electron chi connectivity index (χ3n) is 4.74. The largest absolute Gasteiger partial charge is 0.393 e. The number of imidazole rings is 1. The minimum Gasteiger partial charge on any atom is -0.393 e. The van der Waals surface area contributed by atoms with Gasteiger partial charge in [-0.05, 0) is 35.4 Å². The molecule has 0 fully saturated rings. The van der Waals surface area contributed by atoms with Crippen LogP contribution < -0.4 is 5.73 Å². The molecule has 1 atom stereocenters. The summed E-state index contributed by atoms with van der Waals surface area (Å²) < 4.78 is 2.11. The Morgan fingerprint density at radius 3 is 2.60 bits per heavy atom. The molecule has 25 heavy (non-hydrogen) atoms. The standard InChI is InChI=1S/C21H19N3S/c1-13-6-5-11-24-19(14(2)20(22)25)18(23-21(13)24)17-10-9-15-7-3-4-8-16(15)12-17/h3-12,14H,1-2H3,(H2,22,25). The Bertz CT molecular complexity index is 1110. The van der Waals surface area contributed by atoms with Gasteiger partial charge in [0.2, 0.25) is 0 Å². The van der Waals surface area contributed by atoms with Gasteiger partial charge in [-0.1, -0.05) is 61.6 Å². The fraction of sp³-hybridized carbons (Fsp3) is 0.143. The molecule has 3 nitrogen and oxygen atoms in total. The van der Waals surface area contributed by atoms with Crippen LogP contribution in [0.1, 0.15) is 24.1 Å². The van der Waals surface area contributed by atoms with Crippen molar-refractivity contribution in [2.75, 3.05) is 0 Å². The SMILES string of the molecule is Cc1cccn2c(C(C)C(N)=S)c(-c3ccc4ccccc4c3)nc12. The molecule has 1 unspecified atom stereocenters. The van der Waals surface area contributed by atoms with Crippen LogP contribution in [0.25, 0.3) is 27.7 Å². The number of nitrogens with two attached hydrogens (primary N) is 1. The van der Waals surface area contributed by atoms with Crippen LogP contribution in [0.2, 0.25) is 0 Å². The predicted octanol–water partition coefficient (Wildman–Crippen LogP) is 4.85. The van der Waals surface area contributed by atoms with Crippen molar-refractivity contribution < 1.29 is 0 Å². The summed E-state index contributed by atoms with van der Waals surface area (Å²) in [6.07, 6.45) is 2.03. The molecule has 124 valence electrons. The maximum atomic E-state index is 5.98. The average molecular weight is 345 g/mol. The number of pyridine rings is 1. The second-order valence-electron chi connectivity index (χ2n) is 6.42. The number of hydrogen-bond acceptors (Lipinski definition) is 2. The quantitative estimate of drug-likeness (QED) is 0.540. The predicted molar refractivity (Wildman–Crippen MR) is 108 cm³/mol. The lowest BCUT2D eigenvalue weighted by molar-refractivity contribution is 0.928. The summed E-state index contributed by atoms with van der Waals surface area (Å²) in [4.78, 5) is 5.42. The van der Waals surface area contributed by atoms with Gasteiger partial charge in [0.25, 0.3) is 0 Å². The van der Waals surface area contributed by atoms with Crippen LogP contribution in [0.5, 0.6) is 0 Å². The van der Waals surface area contributed by atoms with E-state index in [4.69, 9.17) is 22.9 Å². The fourth-order valence-electron chi connectivity index (χ4n) is 3.32. The molecule has 4 aromatic rings. The molecule has 0 bridgehead atoms. The Labute approximate surface area is 152 Å². The van der Waals surface area contributed by atoms with Crippen molar-refractivity contribution in [1.29, 1.82) is 0 Å². The number of hydrogen-bond donors (Lipinski definition) is 1. The Kier molecular flexibility index (Phi) is 3.77. The number of aryl methyl sites for hydroxylation is 1. The van der Waals surface area contributed by atoms with E-state index in [1.165, 1.54) is 10.8 Å². The van der Waals surface area contributed by atoms with E-state index in [-0.39, 0.29) is 5.92 Å². The second kappa shape index (κ2) is 5.97. The molecule has 0 amide bonds. The summed E-state index contributed by atoms with van der Waals surface area (Å²) >= 11 is 5.29. The van der Waals surface area contributed by atoms with Gasteiger partial charge in [0.1, 0.15) is 5.65 Å². The van der Waals surface area contributed by atoms with E-state index < -0.39 is 0 Å². The molecule has 2 aromatic heterocycles. The van der Waals surface area contributed by atoms with E-state index in [0.29, 0.717) is 4.99 Å². The molecular formula is C21H19N3S. The van der Waals surface area contributed by atoms with Gasteiger partial charge in [0.05, 0.1) is 16.4 Å². The van der Waals surface area contributed by atoms with Crippen LogP contribution >= 0.6 is 12.2 Å². The molecule has 0 aliphatic rings. The van der Waals surface area contributed by atoms with Crippen molar-refractivity contribution in [3.63, 3.8) is 0 Å². The van der Waals surface area contributed by atoms with Crippen LogP contribution in [0.3, 0.4) is 0 Å². The van der Waals surface area contributed by atoms with Crippen LogP contribution in [-0.2, 0) is 0 Å². The Morgan fingerprint density at radius 2 is 1.84 bits per heavy atom. The van der Waals surface area contributed by atoms with E-state index in [1.807, 2.05) is 19.2 Å². The maximum absolute atomic E-state index is 5.98. The van der Waals surface area contributed by atoms with Gasteiger partial charge in [-0.2, -0.15) is 0 Å². The lowest BCUT2D eigenvalue weighted by Gasteiger charge is -2.13. The zero-order valence-corrected chi connectivity index (χ0v) is 15.0. The Hall–Kier alpha value is -2.72. The lowest BCUT2D eigenvalue weighted by Crippen LogP contribution is -2.18. The zero-order chi connectivity index (χ0) is 17.6. The van der Waals surface area contributed by atoms with Crippen molar-refractivity contribution in [3.05, 3.63) is 72.1 Å². The third kappa shape index (κ3) is 2.59. The molecule has 0 saturated heterocycles. The summed E-state index contributed by atoms with van der Waals surface area (Å²) in [6.45, 7) is 4.11. The number of aromatic nitrogens is 2. The molecule has 0 saturated carbocycles. The van der Waals surface area contributed by atoms with Crippen molar-refractivity contribution >= 4 is 33.6 Å². The van der Waals surface area contributed by atoms with Gasteiger partial charge in [0, 0.05) is 17.7 Å². The normalized spacial score (nSPS) is 12.6. The average Bonchev–Trinajstić information content (AvgIpc) is 3.01. The van der Waals surface area contributed by atoms with E-state index in [1.54, 1.807) is 0 Å². The van der Waals surface area contributed by atoms with E-state index in [0.717, 1.165) is 28.2 Å². The second-order valence-corrected chi connectivity index (χ2v) is 6.89. The lowest BCUT2D eigenvalue weighted by atomic mass is 9.99. The Balaban J connectivity index is 2.03. The monoisotopic (exact) mass is 345 g/mol. The summed E-state index contributed by atoms with van der Waals surface area (Å²) in [6, 6.07) is 18.9. The van der Waals surface area contributed by atoms with Gasteiger partial charge in [0.15, 0.2) is 0 Å². The maximum Gasteiger partial charge on any atom is 0.140 e. The zero-order valence-electron chi connectivity index (χ0n) is 14.2. The first-order valence-corrected chi connectivity index (χ1v) is 8.73. The minimum atomic E-state index is -0.0618. The van der Waals surface area contributed by atoms with Crippen LogP contribution in [-0.4, -0.2) is 14.4 Å². The highest BCUT2D eigenvalue weighted by Gasteiger charge is 2.22. The van der Waals surface area contributed by atoms with Crippen LogP contribution in [0.15, 0.2) is 60.8 Å². The van der Waals surface area contributed by atoms with Crippen molar-refractivity contribution in [2.45, 2.75) is 19.8 Å². The number of nitrogens with zero attached hydrogens (tertiary/aromatic N) is 2. The topological polar surface area (TPSA) is 43.3 Å². The molecule has 4 heteroatoms. The molecule has 2 heterocycles. The van der Waals surface area contributed by atoms with E-state index in [9.17, 15) is 0 Å². The molecule has 4 rings (SSSR count). The van der Waals surface area contributed by atoms with Gasteiger partial charge < -0.3 is 10.1 Å². The smallest absolute Gasteiger partial charge is 0.140 e. The molecule has 0 radical (unpaired) electrons. The van der Waals surface area contributed by atoms with Gasteiger partial charge in [-0.15, -0.1) is 0 Å². The number of rotatable bonds is 3. The van der Waals surface area contributed by atoms with Crippen molar-refractivity contribution in [3.8, 4) is 11.3 Å². The minimum absolute atomic E-state index is 0.0618. The molecule has 0 aliphatic heterocycles. The van der Waals surface area contributed by atoms with Crippen molar-refractivity contribution in [1.82, 2.24) is 9.38 Å². The summed E-state index contributed by atoms with van der Waals surface area (Å²) in [5.41, 5.74) is 11.1. The van der Waals surface area contributed by atoms with Gasteiger partial charge >= 0.3 is 0 Å². The number of fused-ring (bicyclic) bond motifs is 2. The number of benzene rings is 2. The highest BCUT2D eigenvalue weighted by atomic mass is 32.1. The highest BCUT2D eigenvalue weighted by Crippen LogP contribution is 2.32. The summed E-state index contributed by atoms with van der Waals surface area (Å²) in [5, 5.41) is 2.41. The molecule has 2 N–H and O–H groups in total. The van der Waals surface area contributed by atoms with E-state index in [2.05, 4.69) is 59.9 Å². The van der Waals surface area contributed by atoms with Gasteiger partial charge in [-0.25, -0.2) is 4.98 Å². The van der Waals surface area contributed by atoms with Crippen LogP contribution in [0.4, 0.5) is 0 Å². The highest BCUT2D eigenvalue weighted by molar-refractivity contribution is 7.80. The number of thiocarbonyl (C=S) groups is 1. The van der Waals surface area contributed by atoms with Crippen molar-refractivity contribution in [2.24, 2.45) is 5.73 Å². The first kappa shape index (κ1) is 15.8. The first-order valence-electron chi connectivity index (χ1n) is 8.32. The molecule has 0 aliphatic carbocycles. The van der Waals surface area contributed by atoms with Gasteiger partial charge in [-0.3, -0.25) is 0 Å². The molecule has 0 spiro atoms. The Morgan fingerprint density at radius 1 is 1.08 bits per heavy atom.